The van der Waals surface area contributed by atoms with Crippen molar-refractivity contribution in [2.24, 2.45) is 0 Å². The number of aryl methyl sites for hydroxylation is 1. The lowest BCUT2D eigenvalue weighted by molar-refractivity contribution is 0.273. The number of fused-ring (bicyclic) bond motifs is 1. The van der Waals surface area contributed by atoms with E-state index in [1.165, 1.54) is 32.4 Å². The predicted molar refractivity (Wildman–Crippen MR) is 81.0 cm³/mol. The molecule has 4 heteroatoms. The lowest BCUT2D eigenvalue weighted by Gasteiger charge is -2.27. The number of anilines is 1. The second-order valence-corrected chi connectivity index (χ2v) is 5.97. The summed E-state index contributed by atoms with van der Waals surface area (Å²) in [6, 6.07) is 4.77. The van der Waals surface area contributed by atoms with Crippen molar-refractivity contribution in [2.45, 2.75) is 45.3 Å². The quantitative estimate of drug-likeness (QED) is 0.913. The third-order valence-corrected chi connectivity index (χ3v) is 4.60. The van der Waals surface area contributed by atoms with E-state index in [0.717, 1.165) is 36.6 Å². The molecule has 1 unspecified atom stereocenters. The SMILES string of the molecule is CCc1cc(CO)cc(N2CCCN3CCCC3C2)n1. The topological polar surface area (TPSA) is 39.6 Å². The molecule has 1 aromatic rings. The highest BCUT2D eigenvalue weighted by atomic mass is 16.3. The molecule has 1 N–H and O–H groups in total. The molecule has 2 aliphatic rings. The van der Waals surface area contributed by atoms with Crippen molar-refractivity contribution in [1.29, 1.82) is 0 Å². The first-order valence-corrected chi connectivity index (χ1v) is 7.90. The highest BCUT2D eigenvalue weighted by Crippen LogP contribution is 2.25. The molecule has 0 aliphatic carbocycles. The van der Waals surface area contributed by atoms with Gasteiger partial charge >= 0.3 is 0 Å². The number of aliphatic hydroxyl groups excluding tert-OH is 1. The summed E-state index contributed by atoms with van der Waals surface area (Å²) in [6.45, 7) is 6.88. The molecular weight excluding hydrogens is 250 g/mol. The molecule has 3 heterocycles. The smallest absolute Gasteiger partial charge is 0.129 e. The Hall–Kier alpha value is -1.13. The molecular formula is C16H25N3O. The van der Waals surface area contributed by atoms with Crippen molar-refractivity contribution in [2.75, 3.05) is 31.1 Å². The summed E-state index contributed by atoms with van der Waals surface area (Å²) in [5.41, 5.74) is 2.07. The Morgan fingerprint density at radius 3 is 2.90 bits per heavy atom. The van der Waals surface area contributed by atoms with Gasteiger partial charge in [-0.3, -0.25) is 4.90 Å². The van der Waals surface area contributed by atoms with Crippen LogP contribution in [-0.4, -0.2) is 47.2 Å². The summed E-state index contributed by atoms with van der Waals surface area (Å²) < 4.78 is 0. The minimum atomic E-state index is 0.103. The molecule has 110 valence electrons. The minimum Gasteiger partial charge on any atom is -0.392 e. The maximum absolute atomic E-state index is 9.43. The zero-order valence-corrected chi connectivity index (χ0v) is 12.4. The van der Waals surface area contributed by atoms with Gasteiger partial charge in [0.2, 0.25) is 0 Å². The molecule has 1 atom stereocenters. The third kappa shape index (κ3) is 2.81. The Kier molecular flexibility index (Phi) is 4.22. The third-order valence-electron chi connectivity index (χ3n) is 4.60. The van der Waals surface area contributed by atoms with Crippen LogP contribution < -0.4 is 4.90 Å². The molecule has 0 aromatic carbocycles. The Bertz CT molecular complexity index is 441. The molecule has 2 fully saturated rings. The van der Waals surface area contributed by atoms with Crippen LogP contribution in [0.1, 0.15) is 37.4 Å². The molecule has 1 aromatic heterocycles. The standard InChI is InChI=1S/C16H25N3O/c1-2-14-9-13(12-20)10-16(17-14)19-8-4-7-18-6-3-5-15(18)11-19/h9-10,15,20H,2-8,11-12H2,1H3. The first-order valence-electron chi connectivity index (χ1n) is 7.90. The lowest BCUT2D eigenvalue weighted by atomic mass is 10.1. The van der Waals surface area contributed by atoms with Crippen molar-refractivity contribution in [1.82, 2.24) is 9.88 Å². The number of aromatic nitrogens is 1. The van der Waals surface area contributed by atoms with E-state index >= 15 is 0 Å². The number of pyridine rings is 1. The molecule has 4 nitrogen and oxygen atoms in total. The van der Waals surface area contributed by atoms with Crippen LogP contribution in [0.5, 0.6) is 0 Å². The Morgan fingerprint density at radius 2 is 2.10 bits per heavy atom. The maximum atomic E-state index is 9.43. The largest absolute Gasteiger partial charge is 0.392 e. The van der Waals surface area contributed by atoms with Crippen molar-refractivity contribution >= 4 is 5.82 Å². The van der Waals surface area contributed by atoms with Gasteiger partial charge in [-0.15, -0.1) is 0 Å². The van der Waals surface area contributed by atoms with Crippen LogP contribution in [0.2, 0.25) is 0 Å². The fraction of sp³-hybridized carbons (Fsp3) is 0.688. The van der Waals surface area contributed by atoms with Gasteiger partial charge in [0.25, 0.3) is 0 Å². The molecule has 0 radical (unpaired) electrons. The van der Waals surface area contributed by atoms with Gasteiger partial charge in [0.05, 0.1) is 6.61 Å². The zero-order valence-electron chi connectivity index (χ0n) is 12.4. The summed E-state index contributed by atoms with van der Waals surface area (Å²) in [7, 11) is 0. The molecule has 0 spiro atoms. The highest BCUT2D eigenvalue weighted by molar-refractivity contribution is 5.43. The van der Waals surface area contributed by atoms with E-state index in [2.05, 4.69) is 22.8 Å². The number of nitrogens with zero attached hydrogens (tertiary/aromatic N) is 3. The van der Waals surface area contributed by atoms with Crippen molar-refractivity contribution < 1.29 is 5.11 Å². The van der Waals surface area contributed by atoms with E-state index in [1.54, 1.807) is 0 Å². The van der Waals surface area contributed by atoms with Gasteiger partial charge < -0.3 is 10.0 Å². The summed E-state index contributed by atoms with van der Waals surface area (Å²) in [6.07, 6.45) is 4.78. The Balaban J connectivity index is 1.83. The van der Waals surface area contributed by atoms with Crippen molar-refractivity contribution in [3.05, 3.63) is 23.4 Å². The molecule has 0 amide bonds. The summed E-state index contributed by atoms with van der Waals surface area (Å²) in [5, 5.41) is 9.43. The fourth-order valence-electron chi connectivity index (χ4n) is 3.48. The van der Waals surface area contributed by atoms with E-state index in [-0.39, 0.29) is 6.61 Å². The van der Waals surface area contributed by atoms with Crippen LogP contribution in [0.3, 0.4) is 0 Å². The summed E-state index contributed by atoms with van der Waals surface area (Å²) in [4.78, 5) is 9.84. The Morgan fingerprint density at radius 1 is 1.25 bits per heavy atom. The molecule has 0 saturated carbocycles. The van der Waals surface area contributed by atoms with E-state index < -0.39 is 0 Å². The second kappa shape index (κ2) is 6.10. The van der Waals surface area contributed by atoms with E-state index in [9.17, 15) is 5.11 Å². The van der Waals surface area contributed by atoms with Crippen molar-refractivity contribution in [3.63, 3.8) is 0 Å². The van der Waals surface area contributed by atoms with Crippen LogP contribution in [0, 0.1) is 0 Å². The van der Waals surface area contributed by atoms with E-state index in [0.29, 0.717) is 6.04 Å². The van der Waals surface area contributed by atoms with Gasteiger partial charge in [0, 0.05) is 31.4 Å². The van der Waals surface area contributed by atoms with Crippen molar-refractivity contribution in [3.8, 4) is 0 Å². The zero-order chi connectivity index (χ0) is 13.9. The van der Waals surface area contributed by atoms with E-state index in [1.807, 2.05) is 6.07 Å². The lowest BCUT2D eigenvalue weighted by Crippen LogP contribution is -2.37. The highest BCUT2D eigenvalue weighted by Gasteiger charge is 2.29. The van der Waals surface area contributed by atoms with Crippen LogP contribution >= 0.6 is 0 Å². The van der Waals surface area contributed by atoms with E-state index in [4.69, 9.17) is 4.98 Å². The van der Waals surface area contributed by atoms with Gasteiger partial charge in [0.1, 0.15) is 5.82 Å². The Labute approximate surface area is 121 Å². The first-order chi connectivity index (χ1) is 9.80. The van der Waals surface area contributed by atoms with Crippen LogP contribution in [0.15, 0.2) is 12.1 Å². The number of hydrogen-bond donors (Lipinski definition) is 1. The average Bonchev–Trinajstić information content (AvgIpc) is 2.83. The van der Waals surface area contributed by atoms with Crippen LogP contribution in [0.25, 0.3) is 0 Å². The predicted octanol–water partition coefficient (Wildman–Crippen LogP) is 1.81. The number of hydrogen-bond acceptors (Lipinski definition) is 4. The van der Waals surface area contributed by atoms with Gasteiger partial charge in [0.15, 0.2) is 0 Å². The molecule has 2 aliphatic heterocycles. The summed E-state index contributed by atoms with van der Waals surface area (Å²) in [5.74, 6) is 1.06. The van der Waals surface area contributed by atoms with Gasteiger partial charge in [-0.05, 0) is 49.9 Å². The van der Waals surface area contributed by atoms with Gasteiger partial charge in [-0.2, -0.15) is 0 Å². The maximum Gasteiger partial charge on any atom is 0.129 e. The second-order valence-electron chi connectivity index (χ2n) is 5.97. The van der Waals surface area contributed by atoms with Gasteiger partial charge in [-0.1, -0.05) is 6.92 Å². The minimum absolute atomic E-state index is 0.103. The molecule has 20 heavy (non-hydrogen) atoms. The van der Waals surface area contributed by atoms with Gasteiger partial charge in [-0.25, -0.2) is 4.98 Å². The normalized spacial score (nSPS) is 23.7. The van der Waals surface area contributed by atoms with Crippen LogP contribution in [0.4, 0.5) is 5.82 Å². The molecule has 3 rings (SSSR count). The van der Waals surface area contributed by atoms with Crippen LogP contribution in [-0.2, 0) is 13.0 Å². The number of aliphatic hydroxyl groups is 1. The fourth-order valence-corrected chi connectivity index (χ4v) is 3.48. The summed E-state index contributed by atoms with van der Waals surface area (Å²) >= 11 is 0. The monoisotopic (exact) mass is 275 g/mol. The molecule has 2 saturated heterocycles. The average molecular weight is 275 g/mol. The molecule has 0 bridgehead atoms. The first kappa shape index (κ1) is 13.8. The number of rotatable bonds is 3.